The quantitative estimate of drug-likeness (QED) is 0.503. The Morgan fingerprint density at radius 3 is 2.47 bits per heavy atom. The lowest BCUT2D eigenvalue weighted by Crippen LogP contribution is -2.35. The van der Waals surface area contributed by atoms with Crippen molar-refractivity contribution in [1.29, 1.82) is 0 Å². The van der Waals surface area contributed by atoms with Gasteiger partial charge in [-0.15, -0.1) is 0 Å². The molecule has 0 bridgehead atoms. The van der Waals surface area contributed by atoms with E-state index in [1.807, 2.05) is 42.5 Å². The molecule has 3 aromatic rings. The van der Waals surface area contributed by atoms with Gasteiger partial charge in [0, 0.05) is 18.7 Å². The number of nitrogens with zero attached hydrogens (tertiary/aromatic N) is 2. The van der Waals surface area contributed by atoms with Crippen LogP contribution in [0.1, 0.15) is 35.2 Å². The summed E-state index contributed by atoms with van der Waals surface area (Å²) in [7, 11) is -3.59. The highest BCUT2D eigenvalue weighted by molar-refractivity contribution is 7.89. The summed E-state index contributed by atoms with van der Waals surface area (Å²) in [6.07, 6.45) is 4.34. The predicted octanol–water partition coefficient (Wildman–Crippen LogP) is 3.78. The molecule has 0 aromatic heterocycles. The van der Waals surface area contributed by atoms with E-state index in [1.54, 1.807) is 18.3 Å². The van der Waals surface area contributed by atoms with E-state index >= 15 is 0 Å². The lowest BCUT2D eigenvalue weighted by molar-refractivity contribution is 0.0955. The second-order valence-corrected chi connectivity index (χ2v) is 9.24. The number of sulfonamides is 1. The van der Waals surface area contributed by atoms with E-state index in [0.717, 1.165) is 35.6 Å². The zero-order valence-electron chi connectivity index (χ0n) is 16.5. The Kier molecular flexibility index (Phi) is 5.92. The Balaban J connectivity index is 1.46. The number of nitrogens with one attached hydrogen (secondary N) is 1. The highest BCUT2D eigenvalue weighted by Gasteiger charge is 2.26. The third-order valence-electron chi connectivity index (χ3n) is 5.20. The summed E-state index contributed by atoms with van der Waals surface area (Å²) in [5.74, 6) is -0.456. The van der Waals surface area contributed by atoms with Crippen molar-refractivity contribution >= 4 is 32.9 Å². The normalized spacial score (nSPS) is 15.5. The molecule has 1 N–H and O–H groups in total. The van der Waals surface area contributed by atoms with Gasteiger partial charge in [-0.3, -0.25) is 4.79 Å². The minimum atomic E-state index is -3.59. The van der Waals surface area contributed by atoms with Gasteiger partial charge in [-0.25, -0.2) is 13.8 Å². The van der Waals surface area contributed by atoms with Gasteiger partial charge in [0.15, 0.2) is 0 Å². The number of benzene rings is 3. The van der Waals surface area contributed by atoms with E-state index in [2.05, 4.69) is 10.5 Å². The number of carbonyl (C=O) groups excluding carboxylic acids is 1. The van der Waals surface area contributed by atoms with Crippen LogP contribution in [0.25, 0.3) is 10.8 Å². The number of carbonyl (C=O) groups is 1. The van der Waals surface area contributed by atoms with Crippen LogP contribution in [-0.4, -0.2) is 37.9 Å². The fourth-order valence-corrected chi connectivity index (χ4v) is 5.13. The first kappa shape index (κ1) is 20.3. The van der Waals surface area contributed by atoms with E-state index in [-0.39, 0.29) is 10.5 Å². The average molecular weight is 422 g/mol. The summed E-state index contributed by atoms with van der Waals surface area (Å²) < 4.78 is 27.2. The summed E-state index contributed by atoms with van der Waals surface area (Å²) in [5.41, 5.74) is 3.59. The summed E-state index contributed by atoms with van der Waals surface area (Å²) >= 11 is 0. The smallest absolute Gasteiger partial charge is 0.267 e. The standard InChI is InChI=1S/C23H23N3O3S/c27-23(25-24-17-18-11-12-19-7-2-3-8-20(19)15-18)21-9-6-10-22(16-21)30(28,29)26-13-4-1-5-14-26/h2-3,6-12,15-17H,1,4-5,13-14H2,(H,25,27)/b24-17-. The highest BCUT2D eigenvalue weighted by atomic mass is 32.2. The summed E-state index contributed by atoms with van der Waals surface area (Å²) in [6.45, 7) is 1.05. The fourth-order valence-electron chi connectivity index (χ4n) is 3.57. The Hall–Kier alpha value is -3.03. The number of hydrogen-bond acceptors (Lipinski definition) is 4. The van der Waals surface area contributed by atoms with Crippen LogP contribution in [0.2, 0.25) is 0 Å². The molecular formula is C23H23N3O3S. The molecule has 30 heavy (non-hydrogen) atoms. The SMILES string of the molecule is O=C(N/N=C\c1ccc2ccccc2c1)c1cccc(S(=O)(=O)N2CCCCC2)c1. The molecule has 1 saturated heterocycles. The van der Waals surface area contributed by atoms with Crippen molar-refractivity contribution in [3.63, 3.8) is 0 Å². The van der Waals surface area contributed by atoms with Gasteiger partial charge < -0.3 is 0 Å². The van der Waals surface area contributed by atoms with E-state index in [9.17, 15) is 13.2 Å². The molecule has 1 heterocycles. The number of piperidine rings is 1. The Morgan fingerprint density at radius 1 is 0.900 bits per heavy atom. The molecule has 1 amide bonds. The lowest BCUT2D eigenvalue weighted by atomic mass is 10.1. The molecule has 1 aliphatic rings. The lowest BCUT2D eigenvalue weighted by Gasteiger charge is -2.25. The van der Waals surface area contributed by atoms with Gasteiger partial charge in [0.25, 0.3) is 5.91 Å². The number of hydrazone groups is 1. The van der Waals surface area contributed by atoms with E-state index < -0.39 is 15.9 Å². The Morgan fingerprint density at radius 2 is 1.67 bits per heavy atom. The first-order valence-corrected chi connectivity index (χ1v) is 11.4. The molecule has 1 fully saturated rings. The Bertz CT molecular complexity index is 1200. The highest BCUT2D eigenvalue weighted by Crippen LogP contribution is 2.21. The van der Waals surface area contributed by atoms with Gasteiger partial charge in [0.2, 0.25) is 10.0 Å². The van der Waals surface area contributed by atoms with Gasteiger partial charge in [-0.2, -0.15) is 9.41 Å². The molecule has 0 unspecified atom stereocenters. The van der Waals surface area contributed by atoms with Crippen molar-refractivity contribution in [2.75, 3.05) is 13.1 Å². The molecule has 4 rings (SSSR count). The number of amides is 1. The monoisotopic (exact) mass is 421 g/mol. The number of hydrogen-bond donors (Lipinski definition) is 1. The molecule has 0 radical (unpaired) electrons. The number of rotatable bonds is 5. The van der Waals surface area contributed by atoms with Crippen LogP contribution in [-0.2, 0) is 10.0 Å². The van der Waals surface area contributed by atoms with E-state index in [0.29, 0.717) is 13.1 Å². The molecule has 1 aliphatic heterocycles. The van der Waals surface area contributed by atoms with Gasteiger partial charge in [0.05, 0.1) is 11.1 Å². The molecule has 0 saturated carbocycles. The van der Waals surface area contributed by atoms with Crippen molar-refractivity contribution in [1.82, 2.24) is 9.73 Å². The van der Waals surface area contributed by atoms with E-state index in [4.69, 9.17) is 0 Å². The summed E-state index contributed by atoms with van der Waals surface area (Å²) in [6, 6.07) is 20.0. The zero-order valence-corrected chi connectivity index (χ0v) is 17.3. The maximum Gasteiger partial charge on any atom is 0.271 e. The summed E-state index contributed by atoms with van der Waals surface area (Å²) in [4.78, 5) is 12.6. The first-order chi connectivity index (χ1) is 14.5. The van der Waals surface area contributed by atoms with Crippen molar-refractivity contribution in [2.24, 2.45) is 5.10 Å². The molecule has 0 atom stereocenters. The van der Waals surface area contributed by atoms with Crippen LogP contribution >= 0.6 is 0 Å². The van der Waals surface area contributed by atoms with Crippen LogP contribution in [0.4, 0.5) is 0 Å². The predicted molar refractivity (Wildman–Crippen MR) is 118 cm³/mol. The van der Waals surface area contributed by atoms with Crippen LogP contribution in [0, 0.1) is 0 Å². The molecule has 154 valence electrons. The van der Waals surface area contributed by atoms with Crippen molar-refractivity contribution in [3.05, 3.63) is 77.9 Å². The van der Waals surface area contributed by atoms with Gasteiger partial charge in [-0.1, -0.05) is 48.9 Å². The van der Waals surface area contributed by atoms with Gasteiger partial charge >= 0.3 is 0 Å². The minimum absolute atomic E-state index is 0.135. The molecule has 7 heteroatoms. The first-order valence-electron chi connectivity index (χ1n) is 9.96. The second kappa shape index (κ2) is 8.77. The Labute approximate surface area is 176 Å². The number of fused-ring (bicyclic) bond motifs is 1. The maximum absolute atomic E-state index is 12.8. The van der Waals surface area contributed by atoms with Crippen molar-refractivity contribution in [2.45, 2.75) is 24.2 Å². The van der Waals surface area contributed by atoms with Crippen molar-refractivity contribution in [3.8, 4) is 0 Å². The van der Waals surface area contributed by atoms with Gasteiger partial charge in [0.1, 0.15) is 0 Å². The van der Waals surface area contributed by atoms with Crippen molar-refractivity contribution < 1.29 is 13.2 Å². The third kappa shape index (κ3) is 4.42. The molecular weight excluding hydrogens is 398 g/mol. The summed E-state index contributed by atoms with van der Waals surface area (Å²) in [5, 5.41) is 6.24. The minimum Gasteiger partial charge on any atom is -0.267 e. The topological polar surface area (TPSA) is 78.8 Å². The third-order valence-corrected chi connectivity index (χ3v) is 7.10. The fraction of sp³-hybridized carbons (Fsp3) is 0.217. The molecule has 6 nitrogen and oxygen atoms in total. The molecule has 3 aromatic carbocycles. The maximum atomic E-state index is 12.8. The average Bonchev–Trinajstić information content (AvgIpc) is 2.79. The van der Waals surface area contributed by atoms with Gasteiger partial charge in [-0.05, 0) is 53.4 Å². The molecule has 0 spiro atoms. The molecule has 0 aliphatic carbocycles. The van der Waals surface area contributed by atoms with Crippen LogP contribution in [0.5, 0.6) is 0 Å². The van der Waals surface area contributed by atoms with Crippen LogP contribution < -0.4 is 5.43 Å². The zero-order chi connectivity index (χ0) is 21.0. The van der Waals surface area contributed by atoms with Crippen LogP contribution in [0.3, 0.4) is 0 Å². The second-order valence-electron chi connectivity index (χ2n) is 7.30. The van der Waals surface area contributed by atoms with Crippen LogP contribution in [0.15, 0.2) is 76.7 Å². The largest absolute Gasteiger partial charge is 0.271 e. The van der Waals surface area contributed by atoms with E-state index in [1.165, 1.54) is 16.4 Å².